The van der Waals surface area contributed by atoms with Gasteiger partial charge in [-0.2, -0.15) is 0 Å². The van der Waals surface area contributed by atoms with Crippen molar-refractivity contribution in [3.8, 4) is 17.2 Å². The summed E-state index contributed by atoms with van der Waals surface area (Å²) >= 11 is 5.83. The Bertz CT molecular complexity index is 2030. The number of aromatic nitrogens is 2. The van der Waals surface area contributed by atoms with Crippen molar-refractivity contribution in [3.63, 3.8) is 0 Å². The van der Waals surface area contributed by atoms with E-state index in [9.17, 15) is 23.6 Å². The van der Waals surface area contributed by atoms with E-state index in [1.165, 1.54) is 30.3 Å². The molecule has 43 heavy (non-hydrogen) atoms. The van der Waals surface area contributed by atoms with Crippen molar-refractivity contribution < 1.29 is 23.5 Å². The van der Waals surface area contributed by atoms with Crippen LogP contribution in [-0.4, -0.2) is 27.7 Å². The molecule has 0 saturated heterocycles. The number of halogens is 2. The SMILES string of the molecule is O=C(Cn1c(=O)n(-c2ccccc2)c(=O)c2ccc(C(=O)NCc3ccc4c(c3)OCO4)cc21)Nc1ccc(F)c(Cl)c1. The predicted octanol–water partition coefficient (Wildman–Crippen LogP) is 4.24. The van der Waals surface area contributed by atoms with Crippen LogP contribution in [0.1, 0.15) is 15.9 Å². The molecule has 2 heterocycles. The molecule has 2 amide bonds. The lowest BCUT2D eigenvalue weighted by molar-refractivity contribution is -0.116. The summed E-state index contributed by atoms with van der Waals surface area (Å²) in [6.45, 7) is -0.205. The second-order valence-electron chi connectivity index (χ2n) is 9.62. The second kappa shape index (κ2) is 11.5. The number of ether oxygens (including phenoxy) is 2. The molecule has 0 fully saturated rings. The Balaban J connectivity index is 1.36. The van der Waals surface area contributed by atoms with Gasteiger partial charge in [-0.25, -0.2) is 13.8 Å². The van der Waals surface area contributed by atoms with Gasteiger partial charge in [0, 0.05) is 17.8 Å². The first-order valence-electron chi connectivity index (χ1n) is 13.0. The van der Waals surface area contributed by atoms with Gasteiger partial charge in [0.15, 0.2) is 11.5 Å². The number of hydrogen-bond donors (Lipinski definition) is 2. The number of fused-ring (bicyclic) bond motifs is 2. The van der Waals surface area contributed by atoms with Crippen LogP contribution in [0.4, 0.5) is 10.1 Å². The molecule has 6 rings (SSSR count). The molecule has 10 nitrogen and oxygen atoms in total. The summed E-state index contributed by atoms with van der Waals surface area (Å²) in [6.07, 6.45) is 0. The molecule has 1 aliphatic heterocycles. The van der Waals surface area contributed by atoms with Crippen LogP contribution in [0.3, 0.4) is 0 Å². The summed E-state index contributed by atoms with van der Waals surface area (Å²) in [4.78, 5) is 53.4. The quantitative estimate of drug-likeness (QED) is 0.288. The van der Waals surface area contributed by atoms with Crippen LogP contribution >= 0.6 is 11.6 Å². The number of hydrogen-bond acceptors (Lipinski definition) is 6. The van der Waals surface area contributed by atoms with E-state index in [1.54, 1.807) is 48.5 Å². The summed E-state index contributed by atoms with van der Waals surface area (Å²) in [5.41, 5.74) is 0.167. The van der Waals surface area contributed by atoms with Gasteiger partial charge in [0.25, 0.3) is 11.5 Å². The van der Waals surface area contributed by atoms with Crippen molar-refractivity contribution in [2.75, 3.05) is 12.1 Å². The Labute approximate surface area is 247 Å². The summed E-state index contributed by atoms with van der Waals surface area (Å²) in [6, 6.07) is 21.6. The number of anilines is 1. The van der Waals surface area contributed by atoms with Gasteiger partial charge in [0.1, 0.15) is 12.4 Å². The van der Waals surface area contributed by atoms with Gasteiger partial charge in [-0.1, -0.05) is 35.9 Å². The van der Waals surface area contributed by atoms with Crippen molar-refractivity contribution >= 4 is 40.0 Å². The zero-order valence-corrected chi connectivity index (χ0v) is 23.1. The highest BCUT2D eigenvalue weighted by Gasteiger charge is 2.19. The van der Waals surface area contributed by atoms with Crippen LogP contribution in [0.25, 0.3) is 16.6 Å². The van der Waals surface area contributed by atoms with E-state index < -0.39 is 35.4 Å². The Morgan fingerprint density at radius 3 is 2.49 bits per heavy atom. The van der Waals surface area contributed by atoms with Crippen LogP contribution in [0.5, 0.6) is 11.5 Å². The lowest BCUT2D eigenvalue weighted by atomic mass is 10.1. The van der Waals surface area contributed by atoms with Crippen molar-refractivity contribution in [1.29, 1.82) is 0 Å². The van der Waals surface area contributed by atoms with E-state index in [4.69, 9.17) is 21.1 Å². The minimum Gasteiger partial charge on any atom is -0.454 e. The highest BCUT2D eigenvalue weighted by molar-refractivity contribution is 6.31. The second-order valence-corrected chi connectivity index (χ2v) is 10.0. The molecule has 0 radical (unpaired) electrons. The molecule has 0 saturated carbocycles. The number of para-hydroxylation sites is 1. The average molecular weight is 601 g/mol. The fraction of sp³-hybridized carbons (Fsp3) is 0.0968. The molecule has 0 atom stereocenters. The number of carbonyl (C=O) groups excluding carboxylic acids is 2. The third kappa shape index (κ3) is 5.57. The average Bonchev–Trinajstić information content (AvgIpc) is 3.48. The third-order valence-corrected chi connectivity index (χ3v) is 7.11. The van der Waals surface area contributed by atoms with Crippen LogP contribution in [0, 0.1) is 5.82 Å². The highest BCUT2D eigenvalue weighted by atomic mass is 35.5. The maximum Gasteiger partial charge on any atom is 0.336 e. The van der Waals surface area contributed by atoms with Crippen molar-refractivity contribution in [2.24, 2.45) is 0 Å². The van der Waals surface area contributed by atoms with E-state index in [0.29, 0.717) is 17.2 Å². The van der Waals surface area contributed by atoms with E-state index in [0.717, 1.165) is 20.8 Å². The monoisotopic (exact) mass is 600 g/mol. The number of rotatable bonds is 7. The standard InChI is InChI=1S/C31H22ClFN4O6/c32-23-14-20(8-10-24(23)33)35-28(38)16-36-25-13-19(29(39)34-15-18-6-11-26-27(12-18)43-17-42-26)7-9-22(25)30(40)37(31(36)41)21-4-2-1-3-5-21/h1-14H,15-17H2,(H,34,39)(H,35,38). The maximum absolute atomic E-state index is 13.7. The third-order valence-electron chi connectivity index (χ3n) is 6.82. The highest BCUT2D eigenvalue weighted by Crippen LogP contribution is 2.32. The molecule has 216 valence electrons. The molecule has 0 unspecified atom stereocenters. The van der Waals surface area contributed by atoms with Crippen molar-refractivity contribution in [3.05, 3.63) is 128 Å². The minimum atomic E-state index is -0.783. The number of benzene rings is 4. The molecule has 4 aromatic carbocycles. The molecule has 2 N–H and O–H groups in total. The van der Waals surface area contributed by atoms with Gasteiger partial charge in [0.05, 0.1) is 21.6 Å². The van der Waals surface area contributed by atoms with Crippen LogP contribution in [0.15, 0.2) is 94.5 Å². The molecule has 0 spiro atoms. The molecule has 5 aromatic rings. The van der Waals surface area contributed by atoms with Crippen LogP contribution in [-0.2, 0) is 17.9 Å². The first kappa shape index (κ1) is 27.7. The maximum atomic E-state index is 13.7. The lowest BCUT2D eigenvalue weighted by Crippen LogP contribution is -2.41. The number of nitrogens with one attached hydrogen (secondary N) is 2. The fourth-order valence-electron chi connectivity index (χ4n) is 4.72. The number of amides is 2. The van der Waals surface area contributed by atoms with Crippen LogP contribution < -0.4 is 31.4 Å². The van der Waals surface area contributed by atoms with Crippen molar-refractivity contribution in [1.82, 2.24) is 14.5 Å². The summed E-state index contributed by atoms with van der Waals surface area (Å²) < 4.78 is 26.4. The first-order valence-corrected chi connectivity index (χ1v) is 13.4. The molecular formula is C31H22ClFN4O6. The molecular weight excluding hydrogens is 579 g/mol. The van der Waals surface area contributed by atoms with Gasteiger partial charge in [-0.3, -0.25) is 19.0 Å². The van der Waals surface area contributed by atoms with Gasteiger partial charge in [0.2, 0.25) is 12.7 Å². The Hall–Kier alpha value is -5.42. The van der Waals surface area contributed by atoms with E-state index >= 15 is 0 Å². The summed E-state index contributed by atoms with van der Waals surface area (Å²) in [5.74, 6) is -0.549. The molecule has 1 aliphatic rings. The topological polar surface area (TPSA) is 121 Å². The lowest BCUT2D eigenvalue weighted by Gasteiger charge is -2.15. The van der Waals surface area contributed by atoms with Gasteiger partial charge in [-0.05, 0) is 66.2 Å². The van der Waals surface area contributed by atoms with E-state index in [-0.39, 0.29) is 40.5 Å². The minimum absolute atomic E-state index is 0.0881. The van der Waals surface area contributed by atoms with E-state index in [2.05, 4.69) is 10.6 Å². The largest absolute Gasteiger partial charge is 0.454 e. The first-order chi connectivity index (χ1) is 20.8. The Morgan fingerprint density at radius 1 is 0.907 bits per heavy atom. The zero-order chi connectivity index (χ0) is 30.1. The molecule has 1 aromatic heterocycles. The molecule has 12 heteroatoms. The fourth-order valence-corrected chi connectivity index (χ4v) is 4.90. The van der Waals surface area contributed by atoms with Crippen LogP contribution in [0.2, 0.25) is 5.02 Å². The van der Waals surface area contributed by atoms with Gasteiger partial charge < -0.3 is 20.1 Å². The van der Waals surface area contributed by atoms with Gasteiger partial charge in [-0.15, -0.1) is 0 Å². The van der Waals surface area contributed by atoms with E-state index in [1.807, 2.05) is 0 Å². The number of nitrogens with zero attached hydrogens (tertiary/aromatic N) is 2. The Kier molecular flexibility index (Phi) is 7.39. The summed E-state index contributed by atoms with van der Waals surface area (Å²) in [7, 11) is 0. The normalized spacial score (nSPS) is 11.9. The Morgan fingerprint density at radius 2 is 1.70 bits per heavy atom. The predicted molar refractivity (Wildman–Crippen MR) is 158 cm³/mol. The number of carbonyl (C=O) groups is 2. The van der Waals surface area contributed by atoms with Gasteiger partial charge >= 0.3 is 5.69 Å². The summed E-state index contributed by atoms with van der Waals surface area (Å²) in [5, 5.41) is 5.33. The zero-order valence-electron chi connectivity index (χ0n) is 22.3. The van der Waals surface area contributed by atoms with Crippen molar-refractivity contribution in [2.45, 2.75) is 13.1 Å². The smallest absolute Gasteiger partial charge is 0.336 e. The molecule has 0 aliphatic carbocycles. The molecule has 0 bridgehead atoms.